The summed E-state index contributed by atoms with van der Waals surface area (Å²) in [5.41, 5.74) is 0. The Morgan fingerprint density at radius 3 is 2.44 bits per heavy atom. The molecule has 0 aromatic carbocycles. The second-order valence-electron chi connectivity index (χ2n) is 6.48. The van der Waals surface area contributed by atoms with Gasteiger partial charge in [0.05, 0.1) is 6.61 Å². The van der Waals surface area contributed by atoms with Crippen LogP contribution >= 0.6 is 24.8 Å². The van der Waals surface area contributed by atoms with Crippen LogP contribution in [0.4, 0.5) is 0 Å². The fraction of sp³-hybridized carbons (Fsp3) is 0.941. The molecule has 0 radical (unpaired) electrons. The molecule has 8 heteroatoms. The number of hydrogen-bond donors (Lipinski definition) is 1. The Morgan fingerprint density at radius 1 is 1.08 bits per heavy atom. The van der Waals surface area contributed by atoms with E-state index >= 15 is 0 Å². The van der Waals surface area contributed by atoms with Crippen molar-refractivity contribution in [1.82, 2.24) is 20.0 Å². The van der Waals surface area contributed by atoms with Gasteiger partial charge in [-0.25, -0.2) is 0 Å². The summed E-state index contributed by atoms with van der Waals surface area (Å²) >= 11 is 0. The molecule has 1 N–H and O–H groups in total. The molecule has 150 valence electrons. The van der Waals surface area contributed by atoms with E-state index in [0.717, 1.165) is 78.5 Å². The summed E-state index contributed by atoms with van der Waals surface area (Å²) in [4.78, 5) is 19.3. The van der Waals surface area contributed by atoms with E-state index in [9.17, 15) is 4.79 Å². The van der Waals surface area contributed by atoms with Crippen LogP contribution in [0.3, 0.4) is 0 Å². The molecule has 2 heterocycles. The van der Waals surface area contributed by atoms with Crippen molar-refractivity contribution in [2.24, 2.45) is 0 Å². The summed E-state index contributed by atoms with van der Waals surface area (Å²) in [6.45, 7) is 14.7. The standard InChI is InChI=1S/C17H34N4O2.2ClH/c1-3-16-15-19(11-12-20(16)13-14-23-4-2)8-5-17(22)21-9-6-18-7-10-21;;/h16,18H,3-15H2,1-2H3;2*1H. The Morgan fingerprint density at radius 2 is 1.80 bits per heavy atom. The number of nitrogens with zero attached hydrogens (tertiary/aromatic N) is 3. The van der Waals surface area contributed by atoms with Gasteiger partial charge in [-0.05, 0) is 13.3 Å². The first-order valence-corrected chi connectivity index (χ1v) is 9.27. The molecule has 2 fully saturated rings. The summed E-state index contributed by atoms with van der Waals surface area (Å²) in [6, 6.07) is 0.596. The van der Waals surface area contributed by atoms with Crippen LogP contribution in [0.5, 0.6) is 0 Å². The first kappa shape index (κ1) is 24.9. The number of rotatable bonds is 8. The molecule has 6 nitrogen and oxygen atoms in total. The SMILES string of the molecule is CCOCCN1CCN(CCC(=O)N2CCNCC2)CC1CC.Cl.Cl. The summed E-state index contributed by atoms with van der Waals surface area (Å²) in [7, 11) is 0. The lowest BCUT2D eigenvalue weighted by molar-refractivity contribution is -0.132. The molecule has 1 atom stereocenters. The molecule has 1 unspecified atom stereocenters. The molecule has 2 rings (SSSR count). The number of nitrogens with one attached hydrogen (secondary N) is 1. The average Bonchev–Trinajstić information content (AvgIpc) is 2.61. The summed E-state index contributed by atoms with van der Waals surface area (Å²) in [6.07, 6.45) is 1.82. The maximum atomic E-state index is 12.3. The van der Waals surface area contributed by atoms with Gasteiger partial charge in [-0.1, -0.05) is 6.92 Å². The Labute approximate surface area is 165 Å². The van der Waals surface area contributed by atoms with Crippen LogP contribution in [0.15, 0.2) is 0 Å². The third-order valence-electron chi connectivity index (χ3n) is 5.00. The number of piperazine rings is 2. The Kier molecular flexibility index (Phi) is 13.9. The van der Waals surface area contributed by atoms with Gasteiger partial charge < -0.3 is 15.0 Å². The lowest BCUT2D eigenvalue weighted by Crippen LogP contribution is -2.54. The number of carbonyl (C=O) groups excluding carboxylic acids is 1. The predicted molar refractivity (Wildman–Crippen MR) is 107 cm³/mol. The Balaban J connectivity index is 0.00000288. The van der Waals surface area contributed by atoms with Crippen LogP contribution in [0.1, 0.15) is 26.7 Å². The van der Waals surface area contributed by atoms with Crippen LogP contribution < -0.4 is 5.32 Å². The van der Waals surface area contributed by atoms with Crippen molar-refractivity contribution in [3.05, 3.63) is 0 Å². The van der Waals surface area contributed by atoms with Crippen molar-refractivity contribution in [3.63, 3.8) is 0 Å². The molecule has 0 bridgehead atoms. The fourth-order valence-electron chi connectivity index (χ4n) is 3.49. The number of halogens is 2. The molecular formula is C17H36Cl2N4O2. The van der Waals surface area contributed by atoms with E-state index in [4.69, 9.17) is 4.74 Å². The second kappa shape index (κ2) is 14.0. The number of hydrogen-bond acceptors (Lipinski definition) is 5. The number of carbonyl (C=O) groups is 1. The van der Waals surface area contributed by atoms with Crippen molar-refractivity contribution in [3.8, 4) is 0 Å². The zero-order chi connectivity index (χ0) is 16.5. The van der Waals surface area contributed by atoms with Gasteiger partial charge in [0.25, 0.3) is 0 Å². The van der Waals surface area contributed by atoms with E-state index in [2.05, 4.69) is 22.0 Å². The average molecular weight is 399 g/mol. The van der Waals surface area contributed by atoms with E-state index in [0.29, 0.717) is 18.4 Å². The smallest absolute Gasteiger partial charge is 0.223 e. The minimum absolute atomic E-state index is 0. The molecule has 0 spiro atoms. The van der Waals surface area contributed by atoms with Gasteiger partial charge in [0.2, 0.25) is 5.91 Å². The quantitative estimate of drug-likeness (QED) is 0.620. The number of ether oxygens (including phenoxy) is 1. The van der Waals surface area contributed by atoms with Gasteiger partial charge in [-0.2, -0.15) is 0 Å². The molecule has 0 saturated carbocycles. The van der Waals surface area contributed by atoms with Crippen molar-refractivity contribution in [2.45, 2.75) is 32.7 Å². The molecular weight excluding hydrogens is 363 g/mol. The van der Waals surface area contributed by atoms with Crippen LogP contribution in [0.25, 0.3) is 0 Å². The van der Waals surface area contributed by atoms with Crippen molar-refractivity contribution in [2.75, 3.05) is 72.1 Å². The van der Waals surface area contributed by atoms with Gasteiger partial charge in [0, 0.05) is 78.0 Å². The first-order valence-electron chi connectivity index (χ1n) is 9.27. The van der Waals surface area contributed by atoms with Crippen LogP contribution in [-0.2, 0) is 9.53 Å². The minimum atomic E-state index is 0. The third-order valence-corrected chi connectivity index (χ3v) is 5.00. The predicted octanol–water partition coefficient (Wildman–Crippen LogP) is 1.08. The topological polar surface area (TPSA) is 48.1 Å². The van der Waals surface area contributed by atoms with Crippen LogP contribution in [-0.4, -0.2) is 98.8 Å². The monoisotopic (exact) mass is 398 g/mol. The summed E-state index contributed by atoms with van der Waals surface area (Å²) < 4.78 is 5.49. The molecule has 2 saturated heterocycles. The Hall–Kier alpha value is -0.110. The highest BCUT2D eigenvalue weighted by Gasteiger charge is 2.26. The van der Waals surface area contributed by atoms with Gasteiger partial charge in [-0.15, -0.1) is 24.8 Å². The third kappa shape index (κ3) is 8.41. The van der Waals surface area contributed by atoms with Crippen molar-refractivity contribution >= 4 is 30.7 Å². The van der Waals surface area contributed by atoms with Gasteiger partial charge in [0.15, 0.2) is 0 Å². The maximum Gasteiger partial charge on any atom is 0.223 e. The van der Waals surface area contributed by atoms with Gasteiger partial charge >= 0.3 is 0 Å². The van der Waals surface area contributed by atoms with Gasteiger partial charge in [0.1, 0.15) is 0 Å². The van der Waals surface area contributed by atoms with Crippen molar-refractivity contribution < 1.29 is 9.53 Å². The zero-order valence-corrected chi connectivity index (χ0v) is 17.4. The van der Waals surface area contributed by atoms with E-state index < -0.39 is 0 Å². The van der Waals surface area contributed by atoms with E-state index in [1.165, 1.54) is 0 Å². The molecule has 2 aliphatic rings. The maximum absolute atomic E-state index is 12.3. The lowest BCUT2D eigenvalue weighted by atomic mass is 10.1. The summed E-state index contributed by atoms with van der Waals surface area (Å²) in [5, 5.41) is 3.29. The highest BCUT2D eigenvalue weighted by Crippen LogP contribution is 2.13. The van der Waals surface area contributed by atoms with E-state index in [1.807, 2.05) is 11.8 Å². The molecule has 0 aliphatic carbocycles. The minimum Gasteiger partial charge on any atom is -0.380 e. The summed E-state index contributed by atoms with van der Waals surface area (Å²) in [5.74, 6) is 0.318. The zero-order valence-electron chi connectivity index (χ0n) is 15.7. The highest BCUT2D eigenvalue weighted by molar-refractivity contribution is 5.85. The number of amides is 1. The molecule has 0 aromatic heterocycles. The Bertz CT molecular complexity index is 358. The first-order chi connectivity index (χ1) is 11.2. The fourth-order valence-corrected chi connectivity index (χ4v) is 3.49. The van der Waals surface area contributed by atoms with Gasteiger partial charge in [-0.3, -0.25) is 14.6 Å². The largest absolute Gasteiger partial charge is 0.380 e. The van der Waals surface area contributed by atoms with E-state index in [-0.39, 0.29) is 24.8 Å². The van der Waals surface area contributed by atoms with Crippen LogP contribution in [0, 0.1) is 0 Å². The van der Waals surface area contributed by atoms with Crippen molar-refractivity contribution in [1.29, 1.82) is 0 Å². The van der Waals surface area contributed by atoms with E-state index in [1.54, 1.807) is 0 Å². The second-order valence-corrected chi connectivity index (χ2v) is 6.48. The molecule has 2 aliphatic heterocycles. The lowest BCUT2D eigenvalue weighted by Gasteiger charge is -2.41. The molecule has 0 aromatic rings. The highest BCUT2D eigenvalue weighted by atomic mass is 35.5. The molecule has 25 heavy (non-hydrogen) atoms. The molecule has 1 amide bonds. The normalized spacial score (nSPS) is 22.2. The van der Waals surface area contributed by atoms with Crippen LogP contribution in [0.2, 0.25) is 0 Å².